The van der Waals surface area contributed by atoms with Crippen LogP contribution in [0.4, 0.5) is 0 Å². The Morgan fingerprint density at radius 1 is 1.00 bits per heavy atom. The maximum atomic E-state index is 10.3. The van der Waals surface area contributed by atoms with Gasteiger partial charge in [-0.3, -0.25) is 0 Å². The molecular weight excluding hydrogens is 281 g/mol. The molecule has 100 valence electrons. The molecule has 2 rings (SSSR count). The van der Waals surface area contributed by atoms with Crippen molar-refractivity contribution < 1.29 is 5.11 Å². The average molecular weight is 296 g/mol. The van der Waals surface area contributed by atoms with Crippen LogP contribution in [0.1, 0.15) is 17.2 Å². The van der Waals surface area contributed by atoms with E-state index in [2.05, 4.69) is 0 Å². The number of halogens is 2. The minimum absolute atomic E-state index is 0.361. The first-order chi connectivity index (χ1) is 9.09. The summed E-state index contributed by atoms with van der Waals surface area (Å²) in [6, 6.07) is 14.5. The summed E-state index contributed by atoms with van der Waals surface area (Å²) in [7, 11) is 0. The first-order valence-electron chi connectivity index (χ1n) is 6.01. The van der Waals surface area contributed by atoms with Gasteiger partial charge in [0.15, 0.2) is 0 Å². The quantitative estimate of drug-likeness (QED) is 0.905. The van der Waals surface area contributed by atoms with Crippen LogP contribution >= 0.6 is 23.2 Å². The van der Waals surface area contributed by atoms with Gasteiger partial charge in [0.05, 0.1) is 16.1 Å². The van der Waals surface area contributed by atoms with Gasteiger partial charge in [0.25, 0.3) is 0 Å². The molecule has 0 amide bonds. The van der Waals surface area contributed by atoms with Crippen molar-refractivity contribution in [1.29, 1.82) is 0 Å². The molecule has 3 N–H and O–H groups in total. The van der Waals surface area contributed by atoms with Crippen molar-refractivity contribution in [3.05, 3.63) is 69.7 Å². The average Bonchev–Trinajstić information content (AvgIpc) is 2.42. The van der Waals surface area contributed by atoms with Crippen molar-refractivity contribution in [2.24, 2.45) is 5.73 Å². The molecule has 0 bridgehead atoms. The molecule has 0 spiro atoms. The van der Waals surface area contributed by atoms with Gasteiger partial charge < -0.3 is 10.8 Å². The van der Waals surface area contributed by atoms with Crippen LogP contribution in [0.15, 0.2) is 48.5 Å². The second-order valence-electron chi connectivity index (χ2n) is 4.44. The Kier molecular flexibility index (Phi) is 4.83. The Morgan fingerprint density at radius 2 is 1.68 bits per heavy atom. The number of aliphatic hydroxyl groups excluding tert-OH is 1. The number of rotatable bonds is 4. The van der Waals surface area contributed by atoms with Crippen LogP contribution in [0.25, 0.3) is 0 Å². The molecule has 0 saturated carbocycles. The lowest BCUT2D eigenvalue weighted by Crippen LogP contribution is -2.30. The van der Waals surface area contributed by atoms with Gasteiger partial charge in [0, 0.05) is 11.6 Å². The van der Waals surface area contributed by atoms with E-state index in [-0.39, 0.29) is 0 Å². The molecule has 0 heterocycles. The van der Waals surface area contributed by atoms with Gasteiger partial charge in [0.1, 0.15) is 0 Å². The maximum absolute atomic E-state index is 10.3. The van der Waals surface area contributed by atoms with Crippen LogP contribution in [-0.4, -0.2) is 11.1 Å². The van der Waals surface area contributed by atoms with Crippen LogP contribution in [0, 0.1) is 0 Å². The molecule has 0 saturated heterocycles. The summed E-state index contributed by atoms with van der Waals surface area (Å²) in [6.45, 7) is 0. The van der Waals surface area contributed by atoms with Gasteiger partial charge in [-0.15, -0.1) is 0 Å². The van der Waals surface area contributed by atoms with Gasteiger partial charge in [-0.1, -0.05) is 65.7 Å². The van der Waals surface area contributed by atoms with Gasteiger partial charge in [0.2, 0.25) is 0 Å². The number of nitrogens with two attached hydrogens (primary N) is 1. The van der Waals surface area contributed by atoms with E-state index in [0.29, 0.717) is 22.0 Å². The number of benzene rings is 2. The second kappa shape index (κ2) is 6.40. The van der Waals surface area contributed by atoms with Crippen LogP contribution in [-0.2, 0) is 6.42 Å². The third-order valence-electron chi connectivity index (χ3n) is 3.02. The molecule has 2 nitrogen and oxygen atoms in total. The molecule has 0 aliphatic rings. The van der Waals surface area contributed by atoms with E-state index in [1.165, 1.54) is 0 Å². The zero-order valence-corrected chi connectivity index (χ0v) is 11.8. The molecule has 4 heteroatoms. The summed E-state index contributed by atoms with van der Waals surface area (Å²) in [5, 5.41) is 11.1. The van der Waals surface area contributed by atoms with Gasteiger partial charge >= 0.3 is 0 Å². The van der Waals surface area contributed by atoms with Gasteiger partial charge in [-0.25, -0.2) is 0 Å². The van der Waals surface area contributed by atoms with Crippen molar-refractivity contribution >= 4 is 23.2 Å². The van der Waals surface area contributed by atoms with Crippen LogP contribution < -0.4 is 5.73 Å². The minimum atomic E-state index is -0.841. The van der Waals surface area contributed by atoms with Crippen LogP contribution in [0.3, 0.4) is 0 Å². The second-order valence-corrected chi connectivity index (χ2v) is 5.23. The highest BCUT2D eigenvalue weighted by molar-refractivity contribution is 6.42. The minimum Gasteiger partial charge on any atom is -0.387 e. The number of hydrogen-bond acceptors (Lipinski definition) is 2. The predicted octanol–water partition coefficient (Wildman–Crippen LogP) is 3.60. The van der Waals surface area contributed by atoms with Crippen molar-refractivity contribution in [3.63, 3.8) is 0 Å². The fourth-order valence-corrected chi connectivity index (χ4v) is 2.40. The van der Waals surface area contributed by atoms with Crippen molar-refractivity contribution in [1.82, 2.24) is 0 Å². The predicted molar refractivity (Wildman–Crippen MR) is 79.5 cm³/mol. The molecule has 2 aromatic rings. The topological polar surface area (TPSA) is 46.2 Å². The highest BCUT2D eigenvalue weighted by atomic mass is 35.5. The van der Waals surface area contributed by atoms with E-state index in [0.717, 1.165) is 5.56 Å². The fraction of sp³-hybridized carbons (Fsp3) is 0.200. The molecule has 19 heavy (non-hydrogen) atoms. The maximum Gasteiger partial charge on any atom is 0.0959 e. The molecule has 2 unspecified atom stereocenters. The van der Waals surface area contributed by atoms with E-state index >= 15 is 0 Å². The smallest absolute Gasteiger partial charge is 0.0959 e. The lowest BCUT2D eigenvalue weighted by atomic mass is 9.97. The monoisotopic (exact) mass is 295 g/mol. The van der Waals surface area contributed by atoms with E-state index < -0.39 is 12.1 Å². The summed E-state index contributed by atoms with van der Waals surface area (Å²) >= 11 is 12.0. The first kappa shape index (κ1) is 14.4. The molecular formula is C15H15Cl2NO. The Hall–Kier alpha value is -1.06. The van der Waals surface area contributed by atoms with Gasteiger partial charge in [-0.2, -0.15) is 0 Å². The third kappa shape index (κ3) is 3.48. The summed E-state index contributed by atoms with van der Waals surface area (Å²) in [5.74, 6) is 0. The SMILES string of the molecule is NC(Cc1ccccc1)C(O)c1cccc(Cl)c1Cl. The molecule has 0 aliphatic carbocycles. The summed E-state index contributed by atoms with van der Waals surface area (Å²) in [5.41, 5.74) is 7.69. The Bertz CT molecular complexity index is 545. The highest BCUT2D eigenvalue weighted by Gasteiger charge is 2.20. The summed E-state index contributed by atoms with van der Waals surface area (Å²) in [6.07, 6.45) is -0.267. The van der Waals surface area contributed by atoms with E-state index in [1.807, 2.05) is 30.3 Å². The van der Waals surface area contributed by atoms with E-state index in [1.54, 1.807) is 18.2 Å². The normalized spacial score (nSPS) is 14.1. The van der Waals surface area contributed by atoms with Crippen LogP contribution in [0.5, 0.6) is 0 Å². The molecule has 0 fully saturated rings. The number of hydrogen-bond donors (Lipinski definition) is 2. The van der Waals surface area contributed by atoms with Crippen molar-refractivity contribution in [2.45, 2.75) is 18.6 Å². The third-order valence-corrected chi connectivity index (χ3v) is 3.85. The molecule has 0 aliphatic heterocycles. The molecule has 0 aromatic heterocycles. The summed E-state index contributed by atoms with van der Waals surface area (Å²) < 4.78 is 0. The number of aliphatic hydroxyl groups is 1. The van der Waals surface area contributed by atoms with E-state index in [9.17, 15) is 5.11 Å². The molecule has 2 aromatic carbocycles. The van der Waals surface area contributed by atoms with Gasteiger partial charge in [-0.05, 0) is 18.1 Å². The lowest BCUT2D eigenvalue weighted by Gasteiger charge is -2.20. The Balaban J connectivity index is 2.15. The van der Waals surface area contributed by atoms with Crippen molar-refractivity contribution in [2.75, 3.05) is 0 Å². The zero-order valence-electron chi connectivity index (χ0n) is 10.3. The Morgan fingerprint density at radius 3 is 2.37 bits per heavy atom. The summed E-state index contributed by atoms with van der Waals surface area (Å²) in [4.78, 5) is 0. The molecule has 0 radical (unpaired) electrons. The first-order valence-corrected chi connectivity index (χ1v) is 6.76. The van der Waals surface area contributed by atoms with Crippen molar-refractivity contribution in [3.8, 4) is 0 Å². The lowest BCUT2D eigenvalue weighted by molar-refractivity contribution is 0.146. The fourth-order valence-electron chi connectivity index (χ4n) is 1.98. The Labute approximate surface area is 122 Å². The highest BCUT2D eigenvalue weighted by Crippen LogP contribution is 2.31. The zero-order chi connectivity index (χ0) is 13.8. The van der Waals surface area contributed by atoms with E-state index in [4.69, 9.17) is 28.9 Å². The molecule has 2 atom stereocenters. The standard InChI is InChI=1S/C15H15Cl2NO/c16-12-8-4-7-11(14(12)17)15(19)13(18)9-10-5-2-1-3-6-10/h1-8,13,15,19H,9,18H2. The van der Waals surface area contributed by atoms with Crippen LogP contribution in [0.2, 0.25) is 10.0 Å². The largest absolute Gasteiger partial charge is 0.387 e.